The quantitative estimate of drug-likeness (QED) is 0.107. The molecule has 0 aromatic heterocycles. The highest BCUT2D eigenvalue weighted by molar-refractivity contribution is 7.87. The molecular formula is C16H21F7O8S. The van der Waals surface area contributed by atoms with Crippen LogP contribution in [0.25, 0.3) is 0 Å². The summed E-state index contributed by atoms with van der Waals surface area (Å²) >= 11 is 0. The second kappa shape index (κ2) is 10.3. The summed E-state index contributed by atoms with van der Waals surface area (Å²) < 4.78 is 136. The first kappa shape index (κ1) is 30.1. The van der Waals surface area contributed by atoms with Gasteiger partial charge in [-0.25, -0.2) is 9.59 Å². The molecule has 0 aromatic rings. The minimum absolute atomic E-state index is 0.483. The summed E-state index contributed by atoms with van der Waals surface area (Å²) in [4.78, 5) is 23.8. The van der Waals surface area contributed by atoms with E-state index in [2.05, 4.69) is 20.8 Å². The van der Waals surface area contributed by atoms with Crippen molar-refractivity contribution in [1.29, 1.82) is 0 Å². The number of carbonyl (C=O) groups is 2. The van der Waals surface area contributed by atoms with Gasteiger partial charge in [-0.1, -0.05) is 20.4 Å². The van der Waals surface area contributed by atoms with E-state index in [1.54, 1.807) is 0 Å². The van der Waals surface area contributed by atoms with Gasteiger partial charge < -0.3 is 14.2 Å². The van der Waals surface area contributed by atoms with Crippen molar-refractivity contribution in [3.63, 3.8) is 0 Å². The van der Waals surface area contributed by atoms with Crippen LogP contribution in [0.1, 0.15) is 33.6 Å². The molecule has 0 rings (SSSR count). The van der Waals surface area contributed by atoms with Crippen LogP contribution in [0.5, 0.6) is 0 Å². The van der Waals surface area contributed by atoms with Gasteiger partial charge in [0.2, 0.25) is 0 Å². The van der Waals surface area contributed by atoms with Crippen molar-refractivity contribution in [2.75, 3.05) is 13.2 Å². The largest absolute Gasteiger partial charge is 0.468 e. The minimum atomic E-state index is -6.56. The average Bonchev–Trinajstić information content (AvgIpc) is 2.59. The second-order valence-electron chi connectivity index (χ2n) is 6.92. The summed E-state index contributed by atoms with van der Waals surface area (Å²) in [6, 6.07) is 0. The normalized spacial score (nSPS) is 15.2. The van der Waals surface area contributed by atoms with Gasteiger partial charge in [-0.3, -0.25) is 4.55 Å². The van der Waals surface area contributed by atoms with Crippen LogP contribution in [0.15, 0.2) is 12.2 Å². The lowest BCUT2D eigenvalue weighted by Gasteiger charge is -2.32. The highest BCUT2D eigenvalue weighted by Gasteiger charge is 2.68. The summed E-state index contributed by atoms with van der Waals surface area (Å²) in [6.07, 6.45) is -9.30. The second-order valence-corrected chi connectivity index (χ2v) is 8.39. The molecule has 0 fully saturated rings. The maximum atomic E-state index is 13.7. The van der Waals surface area contributed by atoms with E-state index in [0.29, 0.717) is 0 Å². The van der Waals surface area contributed by atoms with Gasteiger partial charge in [-0.15, -0.1) is 0 Å². The van der Waals surface area contributed by atoms with Crippen molar-refractivity contribution >= 4 is 22.1 Å². The summed E-state index contributed by atoms with van der Waals surface area (Å²) in [7, 11) is -6.56. The molecule has 0 spiro atoms. The van der Waals surface area contributed by atoms with Gasteiger partial charge in [0, 0.05) is 12.0 Å². The highest BCUT2D eigenvalue weighted by atomic mass is 32.2. The van der Waals surface area contributed by atoms with Crippen LogP contribution >= 0.6 is 0 Å². The number of rotatable bonds is 12. The molecular weight excluding hydrogens is 485 g/mol. The summed E-state index contributed by atoms with van der Waals surface area (Å²) in [5, 5.41) is -5.95. The fourth-order valence-electron chi connectivity index (χ4n) is 1.78. The number of hydrogen-bond donors (Lipinski definition) is 1. The zero-order valence-electron chi connectivity index (χ0n) is 17.0. The van der Waals surface area contributed by atoms with Crippen molar-refractivity contribution < 1.29 is 67.5 Å². The van der Waals surface area contributed by atoms with Gasteiger partial charge in [0.15, 0.2) is 0 Å². The van der Waals surface area contributed by atoms with E-state index in [-0.39, 0.29) is 0 Å². The number of esters is 2. The molecule has 0 aliphatic heterocycles. The number of hydrogen-bond acceptors (Lipinski definition) is 7. The molecule has 1 unspecified atom stereocenters. The molecule has 0 saturated carbocycles. The van der Waals surface area contributed by atoms with E-state index in [9.17, 15) is 48.7 Å². The molecule has 0 radical (unpaired) electrons. The monoisotopic (exact) mass is 506 g/mol. The van der Waals surface area contributed by atoms with Gasteiger partial charge in [0.05, 0.1) is 13.2 Å². The molecule has 32 heavy (non-hydrogen) atoms. The molecule has 0 aliphatic carbocycles. The zero-order chi connectivity index (χ0) is 25.8. The Hall–Kier alpha value is -1.94. The molecule has 0 heterocycles. The van der Waals surface area contributed by atoms with Crippen molar-refractivity contribution in [2.45, 2.75) is 56.8 Å². The molecule has 1 N–H and O–H groups in total. The van der Waals surface area contributed by atoms with Gasteiger partial charge in [0.1, 0.15) is 0 Å². The van der Waals surface area contributed by atoms with Gasteiger partial charge in [-0.05, 0) is 19.3 Å². The standard InChI is InChI=1S/C16H21F7O8S/c1-9(2)8-29-12(25)14(15(19,20)21,31-11(24)10(3)4)30-7-5-6-13(17,18)16(22,23)32(26,27)28/h9H,3,5-8H2,1-2,4H3,(H,26,27,28). The number of halogens is 7. The maximum Gasteiger partial charge on any atom is 0.468 e. The van der Waals surface area contributed by atoms with Gasteiger partial charge in [0.25, 0.3) is 0 Å². The molecule has 1 atom stereocenters. The van der Waals surface area contributed by atoms with Crippen molar-refractivity contribution in [3.8, 4) is 0 Å². The van der Waals surface area contributed by atoms with Crippen molar-refractivity contribution in [3.05, 3.63) is 12.2 Å². The van der Waals surface area contributed by atoms with Crippen molar-refractivity contribution in [2.24, 2.45) is 5.92 Å². The zero-order valence-corrected chi connectivity index (χ0v) is 17.8. The summed E-state index contributed by atoms with van der Waals surface area (Å²) in [5.74, 6) is -14.4. The van der Waals surface area contributed by atoms with Crippen LogP contribution in [0, 0.1) is 5.92 Å². The third-order valence-electron chi connectivity index (χ3n) is 3.46. The molecule has 0 aliphatic rings. The Morgan fingerprint density at radius 1 is 1.06 bits per heavy atom. The number of carbonyl (C=O) groups excluding carboxylic acids is 2. The van der Waals surface area contributed by atoms with Gasteiger partial charge >= 0.3 is 45.2 Å². The molecule has 0 amide bonds. The molecule has 0 aromatic carbocycles. The first-order valence-corrected chi connectivity index (χ1v) is 10.1. The Kier molecular flexibility index (Phi) is 9.71. The average molecular weight is 506 g/mol. The lowest BCUT2D eigenvalue weighted by atomic mass is 10.2. The first-order chi connectivity index (χ1) is 14.1. The molecule has 188 valence electrons. The smallest absolute Gasteiger partial charge is 0.460 e. The van der Waals surface area contributed by atoms with E-state index < -0.39 is 82.7 Å². The predicted octanol–water partition coefficient (Wildman–Crippen LogP) is 3.48. The predicted molar refractivity (Wildman–Crippen MR) is 92.1 cm³/mol. The van der Waals surface area contributed by atoms with Crippen LogP contribution in [-0.2, 0) is 33.9 Å². The Morgan fingerprint density at radius 2 is 1.56 bits per heavy atom. The van der Waals surface area contributed by atoms with E-state index >= 15 is 0 Å². The number of ether oxygens (including phenoxy) is 3. The molecule has 16 heteroatoms. The van der Waals surface area contributed by atoms with E-state index in [4.69, 9.17) is 4.55 Å². The SMILES string of the molecule is C=C(C)C(=O)OC(OCCCC(F)(F)C(F)(F)S(=O)(=O)O)(C(=O)OCC(C)C)C(F)(F)F. The third-order valence-corrected chi connectivity index (χ3v) is 4.41. The Bertz CT molecular complexity index is 808. The Labute approximate surface area is 178 Å². The van der Waals surface area contributed by atoms with Crippen LogP contribution in [-0.4, -0.2) is 61.3 Å². The summed E-state index contributed by atoms with van der Waals surface area (Å²) in [5.41, 5.74) is -0.613. The Morgan fingerprint density at radius 3 is 1.94 bits per heavy atom. The van der Waals surface area contributed by atoms with Crippen LogP contribution < -0.4 is 0 Å². The first-order valence-electron chi connectivity index (χ1n) is 8.62. The van der Waals surface area contributed by atoms with Crippen LogP contribution in [0.2, 0.25) is 0 Å². The van der Waals surface area contributed by atoms with Crippen LogP contribution in [0.3, 0.4) is 0 Å². The van der Waals surface area contributed by atoms with Crippen molar-refractivity contribution in [1.82, 2.24) is 0 Å². The number of alkyl halides is 7. The van der Waals surface area contributed by atoms with Crippen LogP contribution in [0.4, 0.5) is 30.7 Å². The van der Waals surface area contributed by atoms with E-state index in [1.807, 2.05) is 0 Å². The molecule has 8 nitrogen and oxygen atoms in total. The molecule has 0 bridgehead atoms. The van der Waals surface area contributed by atoms with Gasteiger partial charge in [-0.2, -0.15) is 39.2 Å². The lowest BCUT2D eigenvalue weighted by Crippen LogP contribution is -2.58. The fourth-order valence-corrected chi connectivity index (χ4v) is 2.26. The van der Waals surface area contributed by atoms with E-state index in [0.717, 1.165) is 6.92 Å². The minimum Gasteiger partial charge on any atom is -0.460 e. The van der Waals surface area contributed by atoms with E-state index in [1.165, 1.54) is 13.8 Å². The lowest BCUT2D eigenvalue weighted by molar-refractivity contribution is -0.355. The summed E-state index contributed by atoms with van der Waals surface area (Å²) in [6.45, 7) is 4.69. The topological polar surface area (TPSA) is 116 Å². The molecule has 0 saturated heterocycles. The highest BCUT2D eigenvalue weighted by Crippen LogP contribution is 2.42. The fraction of sp³-hybridized carbons (Fsp3) is 0.750. The third kappa shape index (κ3) is 7.03. The Balaban J connectivity index is 5.78. The maximum absolute atomic E-state index is 13.7.